The first-order valence-corrected chi connectivity index (χ1v) is 11.2. The molecular formula is C24H17F4N3O2S. The number of aromatic nitrogens is 2. The average Bonchev–Trinajstić information content (AvgIpc) is 3.20. The Kier molecular flexibility index (Phi) is 5.47. The van der Waals surface area contributed by atoms with E-state index >= 15 is 0 Å². The molecular weight excluding hydrogens is 470 g/mol. The molecule has 0 atom stereocenters. The fraction of sp³-hybridized carbons (Fsp3) is 0.208. The Morgan fingerprint density at radius 2 is 1.88 bits per heavy atom. The number of carbonyl (C=O) groups is 1. The number of benzene rings is 2. The van der Waals surface area contributed by atoms with Gasteiger partial charge in [-0.05, 0) is 47.9 Å². The van der Waals surface area contributed by atoms with Crippen LogP contribution in [-0.2, 0) is 25.7 Å². The number of halogens is 4. The summed E-state index contributed by atoms with van der Waals surface area (Å²) in [7, 11) is 0. The van der Waals surface area contributed by atoms with Crippen LogP contribution in [0.3, 0.4) is 0 Å². The lowest BCUT2D eigenvalue weighted by atomic mass is 10.0. The Hall–Kier alpha value is -3.53. The van der Waals surface area contributed by atoms with E-state index in [4.69, 9.17) is 0 Å². The number of fused-ring (bicyclic) bond motifs is 3. The van der Waals surface area contributed by atoms with Crippen molar-refractivity contribution in [3.05, 3.63) is 98.2 Å². The van der Waals surface area contributed by atoms with Crippen molar-refractivity contribution >= 4 is 27.5 Å². The summed E-state index contributed by atoms with van der Waals surface area (Å²) in [6.45, 7) is 0.718. The lowest BCUT2D eigenvalue weighted by Crippen LogP contribution is -2.35. The summed E-state index contributed by atoms with van der Waals surface area (Å²) in [5, 5.41) is 0.496. The van der Waals surface area contributed by atoms with Crippen LogP contribution in [-0.4, -0.2) is 26.9 Å². The smallest absolute Gasteiger partial charge is 0.333 e. The van der Waals surface area contributed by atoms with Crippen LogP contribution in [0.25, 0.3) is 10.2 Å². The first kappa shape index (κ1) is 22.3. The lowest BCUT2D eigenvalue weighted by Gasteiger charge is -2.27. The third kappa shape index (κ3) is 4.09. The summed E-state index contributed by atoms with van der Waals surface area (Å²) >= 11 is 1.31. The highest BCUT2D eigenvalue weighted by Gasteiger charge is 2.32. The van der Waals surface area contributed by atoms with Crippen molar-refractivity contribution in [1.82, 2.24) is 14.5 Å². The second kappa shape index (κ2) is 8.35. The number of hydrogen-bond donors (Lipinski definition) is 0. The molecule has 0 saturated heterocycles. The first-order valence-electron chi connectivity index (χ1n) is 10.4. The predicted molar refractivity (Wildman–Crippen MR) is 119 cm³/mol. The van der Waals surface area contributed by atoms with E-state index in [0.29, 0.717) is 16.6 Å². The topological polar surface area (TPSA) is 55.2 Å². The van der Waals surface area contributed by atoms with E-state index in [1.807, 2.05) is 0 Å². The molecule has 0 unspecified atom stereocenters. The van der Waals surface area contributed by atoms with Crippen molar-refractivity contribution in [2.75, 3.05) is 6.54 Å². The van der Waals surface area contributed by atoms with Crippen molar-refractivity contribution in [2.45, 2.75) is 25.7 Å². The third-order valence-electron chi connectivity index (χ3n) is 5.82. The molecule has 5 nitrogen and oxygen atoms in total. The summed E-state index contributed by atoms with van der Waals surface area (Å²) in [4.78, 5) is 33.3. The summed E-state index contributed by atoms with van der Waals surface area (Å²) < 4.78 is 53.7. The minimum Gasteiger partial charge on any atom is -0.333 e. The van der Waals surface area contributed by atoms with Gasteiger partial charge in [0, 0.05) is 17.0 Å². The average molecular weight is 487 g/mol. The van der Waals surface area contributed by atoms with Gasteiger partial charge in [0.1, 0.15) is 10.6 Å². The molecule has 1 amide bonds. The van der Waals surface area contributed by atoms with Crippen LogP contribution in [0.2, 0.25) is 0 Å². The quantitative estimate of drug-likeness (QED) is 0.388. The van der Waals surface area contributed by atoms with Gasteiger partial charge in [0.05, 0.1) is 30.4 Å². The molecule has 10 heteroatoms. The van der Waals surface area contributed by atoms with Crippen molar-refractivity contribution in [3.63, 3.8) is 0 Å². The number of carbonyl (C=O) groups excluding carboxylic acids is 1. The maximum atomic E-state index is 13.2. The van der Waals surface area contributed by atoms with Gasteiger partial charge in [-0.1, -0.05) is 18.2 Å². The standard InChI is InChI=1S/C24H17F4N3O2S/c25-17-6-4-14(5-7-17)11-31-13-29-21-20(23(31)33)18-8-9-30(12-19(18)34-21)22(32)15-2-1-3-16(10-15)24(26,27)28/h1-7,10,13H,8-9,11-12H2. The second-order valence-electron chi connectivity index (χ2n) is 8.04. The number of amides is 1. The lowest BCUT2D eigenvalue weighted by molar-refractivity contribution is -0.137. The van der Waals surface area contributed by atoms with E-state index < -0.39 is 17.6 Å². The molecule has 0 saturated carbocycles. The van der Waals surface area contributed by atoms with Gasteiger partial charge < -0.3 is 4.90 Å². The predicted octanol–water partition coefficient (Wildman–Crippen LogP) is 4.86. The Balaban J connectivity index is 1.43. The molecule has 0 spiro atoms. The minimum absolute atomic E-state index is 0.0286. The number of alkyl halides is 3. The van der Waals surface area contributed by atoms with Crippen LogP contribution in [0.4, 0.5) is 17.6 Å². The number of hydrogen-bond acceptors (Lipinski definition) is 4. The van der Waals surface area contributed by atoms with Crippen LogP contribution in [0, 0.1) is 5.82 Å². The zero-order valence-electron chi connectivity index (χ0n) is 17.6. The van der Waals surface area contributed by atoms with Gasteiger partial charge in [-0.25, -0.2) is 9.37 Å². The van der Waals surface area contributed by atoms with E-state index in [-0.39, 0.29) is 36.6 Å². The molecule has 0 radical (unpaired) electrons. The van der Waals surface area contributed by atoms with E-state index in [2.05, 4.69) is 4.98 Å². The molecule has 1 aliphatic rings. The minimum atomic E-state index is -4.53. The number of nitrogens with zero attached hydrogens (tertiary/aromatic N) is 3. The Morgan fingerprint density at radius 3 is 2.62 bits per heavy atom. The molecule has 0 bridgehead atoms. The Bertz CT molecular complexity index is 1460. The molecule has 4 aromatic rings. The van der Waals surface area contributed by atoms with Gasteiger partial charge in [-0.15, -0.1) is 11.3 Å². The summed E-state index contributed by atoms with van der Waals surface area (Å²) in [5.41, 5.74) is 0.457. The van der Waals surface area contributed by atoms with Gasteiger partial charge in [0.2, 0.25) is 0 Å². The third-order valence-corrected chi connectivity index (χ3v) is 6.94. The highest BCUT2D eigenvalue weighted by atomic mass is 32.1. The molecule has 5 rings (SSSR count). The molecule has 0 aliphatic carbocycles. The van der Waals surface area contributed by atoms with Gasteiger partial charge in [-0.3, -0.25) is 14.2 Å². The molecule has 3 heterocycles. The molecule has 34 heavy (non-hydrogen) atoms. The summed E-state index contributed by atoms with van der Waals surface area (Å²) in [5.74, 6) is -0.850. The fourth-order valence-electron chi connectivity index (χ4n) is 4.10. The number of rotatable bonds is 3. The van der Waals surface area contributed by atoms with E-state index in [1.165, 1.54) is 51.4 Å². The van der Waals surface area contributed by atoms with Crippen LogP contribution in [0.5, 0.6) is 0 Å². The molecule has 1 aliphatic heterocycles. The van der Waals surface area contributed by atoms with Gasteiger partial charge in [0.15, 0.2) is 0 Å². The molecule has 0 N–H and O–H groups in total. The van der Waals surface area contributed by atoms with Crippen molar-refractivity contribution in [3.8, 4) is 0 Å². The van der Waals surface area contributed by atoms with Crippen LogP contribution < -0.4 is 5.56 Å². The summed E-state index contributed by atoms with van der Waals surface area (Å²) in [6.07, 6.45) is -2.69. The Morgan fingerprint density at radius 1 is 1.12 bits per heavy atom. The van der Waals surface area contributed by atoms with E-state index in [0.717, 1.165) is 28.1 Å². The van der Waals surface area contributed by atoms with Crippen molar-refractivity contribution in [1.29, 1.82) is 0 Å². The second-order valence-corrected chi connectivity index (χ2v) is 9.13. The first-order chi connectivity index (χ1) is 16.2. The van der Waals surface area contributed by atoms with Crippen LogP contribution in [0.15, 0.2) is 59.7 Å². The van der Waals surface area contributed by atoms with Gasteiger partial charge >= 0.3 is 6.18 Å². The zero-order valence-corrected chi connectivity index (χ0v) is 18.4. The highest BCUT2D eigenvalue weighted by Crippen LogP contribution is 2.34. The van der Waals surface area contributed by atoms with Crippen molar-refractivity contribution in [2.24, 2.45) is 0 Å². The summed E-state index contributed by atoms with van der Waals surface area (Å²) in [6, 6.07) is 10.2. The van der Waals surface area contributed by atoms with Crippen molar-refractivity contribution < 1.29 is 22.4 Å². The molecule has 2 aromatic heterocycles. The number of thiophene rings is 1. The largest absolute Gasteiger partial charge is 0.416 e. The monoisotopic (exact) mass is 487 g/mol. The Labute approximate surface area is 194 Å². The SMILES string of the molecule is O=C(c1cccc(C(F)(F)F)c1)N1CCc2c(sc3ncn(Cc4ccc(F)cc4)c(=O)c23)C1. The van der Waals surface area contributed by atoms with Crippen LogP contribution >= 0.6 is 11.3 Å². The van der Waals surface area contributed by atoms with E-state index in [9.17, 15) is 27.2 Å². The normalized spacial score (nSPS) is 13.8. The molecule has 2 aromatic carbocycles. The fourth-order valence-corrected chi connectivity index (χ4v) is 5.30. The highest BCUT2D eigenvalue weighted by molar-refractivity contribution is 7.18. The maximum absolute atomic E-state index is 13.2. The van der Waals surface area contributed by atoms with E-state index in [1.54, 1.807) is 12.1 Å². The maximum Gasteiger partial charge on any atom is 0.416 e. The zero-order chi connectivity index (χ0) is 24.0. The molecule has 174 valence electrons. The van der Waals surface area contributed by atoms with Gasteiger partial charge in [0.25, 0.3) is 11.5 Å². The van der Waals surface area contributed by atoms with Gasteiger partial charge in [-0.2, -0.15) is 13.2 Å². The molecule has 0 fully saturated rings. The van der Waals surface area contributed by atoms with Crippen LogP contribution in [0.1, 0.15) is 31.9 Å².